The van der Waals surface area contributed by atoms with Gasteiger partial charge in [0.05, 0.1) is 5.94 Å². The summed E-state index contributed by atoms with van der Waals surface area (Å²) in [5.41, 5.74) is 2.07. The van der Waals surface area contributed by atoms with E-state index in [1.54, 1.807) is 0 Å². The number of hydrogen-bond acceptors (Lipinski definition) is 1. The molecule has 0 aromatic heterocycles. The number of allylic oxidation sites excluding steroid dienone is 1. The molecule has 0 bridgehead atoms. The molecule has 0 saturated carbocycles. The zero-order chi connectivity index (χ0) is 4.12. The Labute approximate surface area is 51.0 Å². The van der Waals surface area contributed by atoms with Crippen LogP contribution < -0.4 is 0 Å². The molecule has 0 fully saturated rings. The molecule has 0 aromatic rings. The van der Waals surface area contributed by atoms with E-state index in [9.17, 15) is 0 Å². The zero-order valence-corrected chi connectivity index (χ0v) is 5.28. The van der Waals surface area contributed by atoms with Crippen LogP contribution in [0.25, 0.3) is 0 Å². The maximum Gasteiger partial charge on any atom is 0.0580 e. The molecule has 0 atom stereocenters. The summed E-state index contributed by atoms with van der Waals surface area (Å²) in [4.78, 5) is 9.10. The van der Waals surface area contributed by atoms with Gasteiger partial charge in [0, 0.05) is 21.1 Å². The van der Waals surface area contributed by atoms with Gasteiger partial charge in [-0.25, -0.2) is 11.7 Å². The normalized spacial score (nSPS) is 3.33. The predicted molar refractivity (Wildman–Crippen MR) is 19.1 cm³/mol. The minimum Gasteiger partial charge on any atom is -0.258 e. The summed E-state index contributed by atoms with van der Waals surface area (Å²) < 4.78 is 0. The van der Waals surface area contributed by atoms with Crippen molar-refractivity contribution in [3.63, 3.8) is 0 Å². The molecule has 0 aliphatic carbocycles. The second-order valence-corrected chi connectivity index (χ2v) is 0.451. The van der Waals surface area contributed by atoms with Crippen molar-refractivity contribution in [2.24, 2.45) is 0 Å². The summed E-state index contributed by atoms with van der Waals surface area (Å²) in [6.07, 6.45) is 1.26. The molecule has 0 aliphatic heterocycles. The van der Waals surface area contributed by atoms with Crippen molar-refractivity contribution >= 4 is 5.94 Å². The smallest absolute Gasteiger partial charge is 0.0580 e. The van der Waals surface area contributed by atoms with Crippen LogP contribution in [0.5, 0.6) is 0 Å². The van der Waals surface area contributed by atoms with E-state index < -0.39 is 0 Å². The maximum absolute atomic E-state index is 9.10. The first kappa shape index (κ1) is 9.25. The van der Waals surface area contributed by atoms with Crippen LogP contribution in [0, 0.1) is 6.92 Å². The summed E-state index contributed by atoms with van der Waals surface area (Å²) in [6.45, 7) is 3.18. The molecule has 0 aliphatic rings. The van der Waals surface area contributed by atoms with Crippen molar-refractivity contribution < 1.29 is 25.9 Å². The van der Waals surface area contributed by atoms with E-state index in [-0.39, 0.29) is 21.1 Å². The van der Waals surface area contributed by atoms with Crippen molar-refractivity contribution in [2.75, 3.05) is 0 Å². The van der Waals surface area contributed by atoms with E-state index in [0.29, 0.717) is 0 Å². The molecule has 36 valence electrons. The molecule has 0 heterocycles. The van der Waals surface area contributed by atoms with Crippen LogP contribution in [0.2, 0.25) is 0 Å². The molecule has 0 rings (SSSR count). The molecule has 0 saturated heterocycles. The molecule has 6 heavy (non-hydrogen) atoms. The van der Waals surface area contributed by atoms with Gasteiger partial charge in [-0.15, -0.1) is 0 Å². The minimum atomic E-state index is 0. The fourth-order valence-electron chi connectivity index (χ4n) is 0.0417. The molecule has 2 heteroatoms. The standard InChI is InChI=1S/C4H3O.Pt/c1-2-3-4-5;/h2H,1H2;/q-1;. The number of hydrogen-bond donors (Lipinski definition) is 0. The number of carbonyl (C=O) groups excluding carboxylic acids is 1. The SMILES string of the molecule is [CH2-]C=C=C=O.[Pt]. The third-order valence-electron chi connectivity index (χ3n) is 0.161. The fraction of sp³-hybridized carbons (Fsp3) is 0. The van der Waals surface area contributed by atoms with Crippen molar-refractivity contribution in [1.82, 2.24) is 0 Å². The van der Waals surface area contributed by atoms with Gasteiger partial charge in [0.2, 0.25) is 0 Å². The third kappa shape index (κ3) is 9.21. The minimum absolute atomic E-state index is 0. The first-order chi connectivity index (χ1) is 2.41. The van der Waals surface area contributed by atoms with Crippen LogP contribution in [-0.2, 0) is 25.9 Å². The Balaban J connectivity index is 0. The average Bonchev–Trinajstić information content (AvgIpc) is 1.41. The Morgan fingerprint density at radius 3 is 2.17 bits per heavy atom. The first-order valence-corrected chi connectivity index (χ1v) is 1.15. The molecular weight excluding hydrogens is 259 g/mol. The van der Waals surface area contributed by atoms with Crippen LogP contribution in [-0.4, -0.2) is 5.94 Å². The molecule has 0 aromatic carbocycles. The predicted octanol–water partition coefficient (Wildman–Crippen LogP) is 0.361. The van der Waals surface area contributed by atoms with E-state index >= 15 is 0 Å². The maximum atomic E-state index is 9.10. The van der Waals surface area contributed by atoms with Crippen molar-refractivity contribution in [3.8, 4) is 0 Å². The van der Waals surface area contributed by atoms with Crippen LogP contribution in [0.15, 0.2) is 11.8 Å². The van der Waals surface area contributed by atoms with E-state index in [4.69, 9.17) is 4.79 Å². The number of rotatable bonds is 0. The van der Waals surface area contributed by atoms with Crippen LogP contribution >= 0.6 is 0 Å². The van der Waals surface area contributed by atoms with Gasteiger partial charge in [-0.1, -0.05) is 0 Å². The Hall–Kier alpha value is -0.212. The average molecular weight is 262 g/mol. The van der Waals surface area contributed by atoms with Crippen LogP contribution in [0.4, 0.5) is 0 Å². The first-order valence-electron chi connectivity index (χ1n) is 1.15. The van der Waals surface area contributed by atoms with E-state index in [0.717, 1.165) is 0 Å². The molecular formula is C4H3OPt-. The molecule has 0 spiro atoms. The van der Waals surface area contributed by atoms with Crippen molar-refractivity contribution in [2.45, 2.75) is 0 Å². The monoisotopic (exact) mass is 262 g/mol. The van der Waals surface area contributed by atoms with E-state index in [2.05, 4.69) is 12.7 Å². The van der Waals surface area contributed by atoms with Crippen LogP contribution in [0.3, 0.4) is 0 Å². The summed E-state index contributed by atoms with van der Waals surface area (Å²) in [5.74, 6) is 1.40. The Morgan fingerprint density at radius 1 is 1.67 bits per heavy atom. The molecule has 0 amide bonds. The van der Waals surface area contributed by atoms with Gasteiger partial charge in [-0.05, 0) is 0 Å². The second kappa shape index (κ2) is 8.84. The van der Waals surface area contributed by atoms with Crippen molar-refractivity contribution in [3.05, 3.63) is 18.7 Å². The van der Waals surface area contributed by atoms with Gasteiger partial charge in [0.25, 0.3) is 0 Å². The second-order valence-electron chi connectivity index (χ2n) is 0.451. The van der Waals surface area contributed by atoms with Gasteiger partial charge in [-0.3, -0.25) is 5.73 Å². The molecule has 0 N–H and O–H groups in total. The fourth-order valence-corrected chi connectivity index (χ4v) is 0.0417. The summed E-state index contributed by atoms with van der Waals surface area (Å²) in [6, 6.07) is 0. The third-order valence-corrected chi connectivity index (χ3v) is 0.161. The molecule has 0 unspecified atom stereocenters. The van der Waals surface area contributed by atoms with E-state index in [1.165, 1.54) is 12.0 Å². The summed E-state index contributed by atoms with van der Waals surface area (Å²) >= 11 is 0. The summed E-state index contributed by atoms with van der Waals surface area (Å²) in [7, 11) is 0. The molecule has 0 radical (unpaired) electrons. The zero-order valence-electron chi connectivity index (χ0n) is 3.01. The topological polar surface area (TPSA) is 17.1 Å². The van der Waals surface area contributed by atoms with Crippen LogP contribution in [0.1, 0.15) is 0 Å². The van der Waals surface area contributed by atoms with Gasteiger partial charge in [0.15, 0.2) is 0 Å². The van der Waals surface area contributed by atoms with Gasteiger partial charge in [-0.2, -0.15) is 6.08 Å². The largest absolute Gasteiger partial charge is 0.258 e. The Kier molecular flexibility index (Phi) is 13.6. The van der Waals surface area contributed by atoms with Gasteiger partial charge in [0.1, 0.15) is 0 Å². The van der Waals surface area contributed by atoms with Crippen molar-refractivity contribution in [1.29, 1.82) is 0 Å². The Bertz CT molecular complexity index is 85.7. The summed E-state index contributed by atoms with van der Waals surface area (Å²) in [5, 5.41) is 0. The molecule has 1 nitrogen and oxygen atoms in total. The van der Waals surface area contributed by atoms with E-state index in [1.807, 2.05) is 0 Å². The Morgan fingerprint density at radius 2 is 2.17 bits per heavy atom. The van der Waals surface area contributed by atoms with Gasteiger partial charge >= 0.3 is 0 Å². The quantitative estimate of drug-likeness (QED) is 0.350. The van der Waals surface area contributed by atoms with Gasteiger partial charge < -0.3 is 0 Å².